The second kappa shape index (κ2) is 11.2. The molecule has 1 aliphatic carbocycles. The lowest BCUT2D eigenvalue weighted by molar-refractivity contribution is -0.144. The van der Waals surface area contributed by atoms with Crippen molar-refractivity contribution in [1.82, 2.24) is 4.57 Å². The number of anilines is 1. The molecule has 32 heavy (non-hydrogen) atoms. The first-order valence-corrected chi connectivity index (χ1v) is 11.9. The normalized spacial score (nSPS) is 14.1. The summed E-state index contributed by atoms with van der Waals surface area (Å²) in [5.41, 5.74) is 3.21. The number of rotatable bonds is 8. The highest BCUT2D eigenvalue weighted by molar-refractivity contribution is 7.99. The number of carbonyl (C=O) groups excluding carboxylic acids is 2. The quantitative estimate of drug-likeness (QED) is 0.562. The fourth-order valence-corrected chi connectivity index (χ4v) is 4.85. The van der Waals surface area contributed by atoms with Gasteiger partial charge in [0.05, 0.1) is 11.3 Å². The molecule has 0 bridgehead atoms. The van der Waals surface area contributed by atoms with Gasteiger partial charge in [0.15, 0.2) is 6.61 Å². The monoisotopic (exact) mass is 457 g/mol. The fraction of sp³-hybridized carbons (Fsp3) is 0.458. The minimum atomic E-state index is -0.497. The average molecular weight is 458 g/mol. The van der Waals surface area contributed by atoms with Crippen molar-refractivity contribution in [2.75, 3.05) is 17.7 Å². The predicted molar refractivity (Wildman–Crippen MR) is 123 cm³/mol. The van der Waals surface area contributed by atoms with E-state index in [2.05, 4.69) is 16.0 Å². The van der Waals surface area contributed by atoms with E-state index in [0.717, 1.165) is 42.5 Å². The standard InChI is InChI=1S/C24H28FN3O3S/c1-16-17(2)28(20-6-4-3-5-7-20)24(21(16)12-26)27-22(29)13-31-23(30)15-32-14-18-8-10-19(25)11-9-18/h8-11,20H,3-7,13-15H2,1-2H3,(H,27,29). The first-order chi connectivity index (χ1) is 15.4. The molecule has 1 N–H and O–H groups in total. The van der Waals surface area contributed by atoms with E-state index in [1.807, 2.05) is 13.8 Å². The maximum absolute atomic E-state index is 12.9. The van der Waals surface area contributed by atoms with Crippen molar-refractivity contribution in [3.63, 3.8) is 0 Å². The Kier molecular flexibility index (Phi) is 8.34. The van der Waals surface area contributed by atoms with Crippen molar-refractivity contribution in [1.29, 1.82) is 5.26 Å². The maximum atomic E-state index is 12.9. The second-order valence-electron chi connectivity index (χ2n) is 8.04. The molecule has 1 amide bonds. The van der Waals surface area contributed by atoms with Crippen LogP contribution in [-0.4, -0.2) is 28.8 Å². The first kappa shape index (κ1) is 23.9. The molecule has 6 nitrogen and oxygen atoms in total. The lowest BCUT2D eigenvalue weighted by Crippen LogP contribution is -2.25. The molecule has 0 aliphatic heterocycles. The van der Waals surface area contributed by atoms with Gasteiger partial charge in [0, 0.05) is 17.5 Å². The van der Waals surface area contributed by atoms with Gasteiger partial charge in [0.2, 0.25) is 0 Å². The van der Waals surface area contributed by atoms with Crippen LogP contribution in [0.3, 0.4) is 0 Å². The molecule has 0 saturated heterocycles. The Balaban J connectivity index is 1.55. The molecule has 0 atom stereocenters. The van der Waals surface area contributed by atoms with Gasteiger partial charge in [-0.2, -0.15) is 5.26 Å². The molecule has 1 aromatic heterocycles. The number of hydrogen-bond donors (Lipinski definition) is 1. The molecule has 1 saturated carbocycles. The van der Waals surface area contributed by atoms with Crippen molar-refractivity contribution < 1.29 is 18.7 Å². The Labute approximate surface area is 192 Å². The van der Waals surface area contributed by atoms with Crippen LogP contribution in [0.2, 0.25) is 0 Å². The van der Waals surface area contributed by atoms with Crippen molar-refractivity contribution in [2.24, 2.45) is 0 Å². The molecule has 1 heterocycles. The summed E-state index contributed by atoms with van der Waals surface area (Å²) in [7, 11) is 0. The van der Waals surface area contributed by atoms with Gasteiger partial charge >= 0.3 is 5.97 Å². The summed E-state index contributed by atoms with van der Waals surface area (Å²) in [6.45, 7) is 3.45. The Morgan fingerprint density at radius 1 is 1.22 bits per heavy atom. The summed E-state index contributed by atoms with van der Waals surface area (Å²) < 4.78 is 20.1. The number of amides is 1. The summed E-state index contributed by atoms with van der Waals surface area (Å²) in [5.74, 6) is -0.133. The van der Waals surface area contributed by atoms with E-state index < -0.39 is 18.5 Å². The molecule has 0 radical (unpaired) electrons. The summed E-state index contributed by atoms with van der Waals surface area (Å²) in [5, 5.41) is 12.5. The van der Waals surface area contributed by atoms with Crippen LogP contribution in [0.25, 0.3) is 0 Å². The number of halogens is 1. The third-order valence-corrected chi connectivity index (χ3v) is 6.81. The summed E-state index contributed by atoms with van der Waals surface area (Å²) in [6, 6.07) is 8.55. The molecule has 8 heteroatoms. The summed E-state index contributed by atoms with van der Waals surface area (Å²) in [6.07, 6.45) is 5.50. The van der Waals surface area contributed by atoms with Crippen LogP contribution in [-0.2, 0) is 20.1 Å². The van der Waals surface area contributed by atoms with Gasteiger partial charge in [-0.3, -0.25) is 9.59 Å². The van der Waals surface area contributed by atoms with Gasteiger partial charge in [0.1, 0.15) is 17.7 Å². The van der Waals surface area contributed by atoms with Crippen LogP contribution in [0.1, 0.15) is 60.5 Å². The lowest BCUT2D eigenvalue weighted by Gasteiger charge is -2.27. The number of nitrogens with zero attached hydrogens (tertiary/aromatic N) is 2. The van der Waals surface area contributed by atoms with E-state index in [-0.39, 0.29) is 17.6 Å². The number of esters is 1. The number of aromatic nitrogens is 1. The summed E-state index contributed by atoms with van der Waals surface area (Å²) in [4.78, 5) is 24.5. The van der Waals surface area contributed by atoms with Crippen LogP contribution < -0.4 is 5.32 Å². The molecule has 2 aromatic rings. The maximum Gasteiger partial charge on any atom is 0.316 e. The number of hydrogen-bond acceptors (Lipinski definition) is 5. The molecule has 3 rings (SSSR count). The van der Waals surface area contributed by atoms with Crippen LogP contribution in [0.15, 0.2) is 24.3 Å². The van der Waals surface area contributed by atoms with Crippen molar-refractivity contribution in [3.8, 4) is 6.07 Å². The zero-order valence-electron chi connectivity index (χ0n) is 18.4. The lowest BCUT2D eigenvalue weighted by atomic mass is 9.95. The van der Waals surface area contributed by atoms with Gasteiger partial charge < -0.3 is 14.6 Å². The third-order valence-electron chi connectivity index (χ3n) is 5.83. The topological polar surface area (TPSA) is 84.1 Å². The van der Waals surface area contributed by atoms with Gasteiger partial charge in [-0.1, -0.05) is 31.4 Å². The summed E-state index contributed by atoms with van der Waals surface area (Å²) >= 11 is 1.33. The SMILES string of the molecule is Cc1c(C#N)c(NC(=O)COC(=O)CSCc2ccc(F)cc2)n(C2CCCCC2)c1C. The van der Waals surface area contributed by atoms with E-state index in [9.17, 15) is 19.2 Å². The molecule has 170 valence electrons. The minimum Gasteiger partial charge on any atom is -0.455 e. The highest BCUT2D eigenvalue weighted by Crippen LogP contribution is 2.36. The first-order valence-electron chi connectivity index (χ1n) is 10.8. The average Bonchev–Trinajstić information content (AvgIpc) is 3.03. The molecule has 0 unspecified atom stereocenters. The smallest absolute Gasteiger partial charge is 0.316 e. The Bertz CT molecular complexity index is 1000. The number of nitrogens with one attached hydrogen (secondary N) is 1. The van der Waals surface area contributed by atoms with E-state index in [1.165, 1.54) is 30.3 Å². The van der Waals surface area contributed by atoms with E-state index in [4.69, 9.17) is 4.74 Å². The van der Waals surface area contributed by atoms with E-state index in [0.29, 0.717) is 17.1 Å². The Morgan fingerprint density at radius 2 is 1.91 bits per heavy atom. The van der Waals surface area contributed by atoms with Crippen LogP contribution in [0, 0.1) is 31.0 Å². The number of ether oxygens (including phenoxy) is 1. The molecule has 0 spiro atoms. The number of nitriles is 1. The van der Waals surface area contributed by atoms with E-state index in [1.54, 1.807) is 12.1 Å². The zero-order chi connectivity index (χ0) is 23.1. The van der Waals surface area contributed by atoms with Gasteiger partial charge in [0.25, 0.3) is 5.91 Å². The molecular formula is C24H28FN3O3S. The van der Waals surface area contributed by atoms with Crippen molar-refractivity contribution in [2.45, 2.75) is 57.7 Å². The highest BCUT2D eigenvalue weighted by Gasteiger charge is 2.26. The minimum absolute atomic E-state index is 0.0881. The molecular weight excluding hydrogens is 429 g/mol. The van der Waals surface area contributed by atoms with Gasteiger partial charge in [-0.25, -0.2) is 4.39 Å². The van der Waals surface area contributed by atoms with Gasteiger partial charge in [-0.15, -0.1) is 11.8 Å². The van der Waals surface area contributed by atoms with Crippen LogP contribution in [0.5, 0.6) is 0 Å². The largest absolute Gasteiger partial charge is 0.455 e. The number of benzene rings is 1. The van der Waals surface area contributed by atoms with Crippen molar-refractivity contribution in [3.05, 3.63) is 52.5 Å². The Hall–Kier alpha value is -2.79. The Morgan fingerprint density at radius 3 is 2.56 bits per heavy atom. The van der Waals surface area contributed by atoms with E-state index >= 15 is 0 Å². The number of thioether (sulfide) groups is 1. The van der Waals surface area contributed by atoms with Crippen LogP contribution >= 0.6 is 11.8 Å². The van der Waals surface area contributed by atoms with Crippen LogP contribution in [0.4, 0.5) is 10.2 Å². The highest BCUT2D eigenvalue weighted by atomic mass is 32.2. The fourth-order valence-electron chi connectivity index (χ4n) is 4.07. The van der Waals surface area contributed by atoms with Gasteiger partial charge in [-0.05, 0) is 49.9 Å². The third kappa shape index (κ3) is 5.92. The second-order valence-corrected chi connectivity index (χ2v) is 9.02. The zero-order valence-corrected chi connectivity index (χ0v) is 19.3. The number of carbonyl (C=O) groups is 2. The molecule has 1 aliphatic rings. The molecule has 1 fully saturated rings. The van der Waals surface area contributed by atoms with Crippen molar-refractivity contribution >= 4 is 29.5 Å². The molecule has 1 aromatic carbocycles. The predicted octanol–water partition coefficient (Wildman–Crippen LogP) is 5.04.